The summed E-state index contributed by atoms with van der Waals surface area (Å²) in [5, 5.41) is 13.4. The monoisotopic (exact) mass is 446 g/mol. The first-order valence-electron chi connectivity index (χ1n) is 10.6. The Hall–Kier alpha value is 0.490. The molecule has 7 nitrogen and oxygen atoms in total. The summed E-state index contributed by atoms with van der Waals surface area (Å²) in [5.74, 6) is 0.155. The maximum absolute atomic E-state index is 13.0. The molecule has 3 atom stereocenters. The number of carbonyl (C=O) groups excluding carboxylic acids is 2. The summed E-state index contributed by atoms with van der Waals surface area (Å²) in [6.07, 6.45) is 8.61. The van der Waals surface area contributed by atoms with Gasteiger partial charge in [0.15, 0.2) is 5.62 Å². The van der Waals surface area contributed by atoms with Gasteiger partial charge in [0, 0.05) is 16.7 Å². The first kappa shape index (κ1) is 31.7. The van der Waals surface area contributed by atoms with Crippen LogP contribution in [-0.4, -0.2) is 29.2 Å². The van der Waals surface area contributed by atoms with Crippen molar-refractivity contribution in [1.82, 2.24) is 0 Å². The topological polar surface area (TPSA) is 94.1 Å². The van der Waals surface area contributed by atoms with Crippen LogP contribution in [-0.2, 0) is 28.7 Å². The van der Waals surface area contributed by atoms with Gasteiger partial charge >= 0.3 is 29.6 Å². The second-order valence-electron chi connectivity index (χ2n) is 7.07. The Morgan fingerprint density at radius 1 is 1.00 bits per heavy atom. The molecule has 0 aromatic rings. The SMILES string of the molecule is CCCCCCOOCC(CC)S(C=O)(OO[O-])C(=O)CC(CC)CCCC.[Na+]. The van der Waals surface area contributed by atoms with Gasteiger partial charge in [-0.3, -0.25) is 14.6 Å². The van der Waals surface area contributed by atoms with Crippen LogP contribution in [0.5, 0.6) is 0 Å². The summed E-state index contributed by atoms with van der Waals surface area (Å²) in [7, 11) is -3.04. The van der Waals surface area contributed by atoms with Gasteiger partial charge in [0.25, 0.3) is 0 Å². The molecule has 0 aliphatic heterocycles. The Morgan fingerprint density at radius 2 is 1.69 bits per heavy atom. The van der Waals surface area contributed by atoms with E-state index < -0.39 is 15.6 Å². The third-order valence-electron chi connectivity index (χ3n) is 5.01. The third kappa shape index (κ3) is 12.2. The normalized spacial score (nSPS) is 16.3. The minimum atomic E-state index is -3.04. The molecule has 3 unspecified atom stereocenters. The van der Waals surface area contributed by atoms with Crippen molar-refractivity contribution >= 4 is 21.0 Å². The van der Waals surface area contributed by atoms with E-state index in [0.717, 1.165) is 51.4 Å². The van der Waals surface area contributed by atoms with Crippen molar-refractivity contribution < 1.29 is 63.6 Å². The fourth-order valence-corrected chi connectivity index (χ4v) is 5.22. The maximum Gasteiger partial charge on any atom is 1.00 e. The van der Waals surface area contributed by atoms with Crippen LogP contribution in [0.2, 0.25) is 0 Å². The molecular formula is C20H39NaO7S. The zero-order valence-corrected chi connectivity index (χ0v) is 21.8. The second kappa shape index (κ2) is 20.4. The number of hydrogen-bond donors (Lipinski definition) is 0. The molecule has 29 heavy (non-hydrogen) atoms. The standard InChI is InChI=1S/C20H40O7S.Na/c1-5-9-11-12-14-24-25-16-19(8-4)28(17-21,27-26-23)20(22)15-18(7-3)13-10-6-2;/h17-19,23H,5-16H2,1-4H3;/q;+1/p-1. The van der Waals surface area contributed by atoms with Gasteiger partial charge in [-0.2, -0.15) is 4.33 Å². The van der Waals surface area contributed by atoms with Gasteiger partial charge in [0.05, 0.1) is 18.5 Å². The van der Waals surface area contributed by atoms with E-state index in [1.54, 1.807) is 0 Å². The molecule has 0 saturated carbocycles. The Kier molecular flexibility index (Phi) is 22.3. The van der Waals surface area contributed by atoms with E-state index in [2.05, 4.69) is 18.9 Å². The first-order valence-corrected chi connectivity index (χ1v) is 12.3. The van der Waals surface area contributed by atoms with Crippen molar-refractivity contribution in [2.24, 2.45) is 5.92 Å². The van der Waals surface area contributed by atoms with E-state index in [1.807, 2.05) is 13.8 Å². The van der Waals surface area contributed by atoms with Crippen molar-refractivity contribution in [1.29, 1.82) is 0 Å². The van der Waals surface area contributed by atoms with E-state index in [4.69, 9.17) is 14.1 Å². The molecule has 0 aromatic heterocycles. The zero-order valence-electron chi connectivity index (χ0n) is 19.0. The maximum atomic E-state index is 13.0. The van der Waals surface area contributed by atoms with Crippen molar-refractivity contribution in [2.75, 3.05) is 13.2 Å². The molecule has 0 amide bonds. The summed E-state index contributed by atoms with van der Waals surface area (Å²) < 4.78 is 4.83. The number of carbonyl (C=O) groups is 2. The van der Waals surface area contributed by atoms with Crippen LogP contribution in [0.25, 0.3) is 0 Å². The van der Waals surface area contributed by atoms with Crippen LogP contribution in [0.1, 0.15) is 91.9 Å². The zero-order chi connectivity index (χ0) is 21.3. The van der Waals surface area contributed by atoms with Crippen molar-refractivity contribution in [3.63, 3.8) is 0 Å². The molecular weight excluding hydrogens is 407 g/mol. The molecule has 0 heterocycles. The molecule has 0 aliphatic rings. The van der Waals surface area contributed by atoms with Gasteiger partial charge in [-0.25, -0.2) is 9.78 Å². The molecule has 0 spiro atoms. The molecule has 0 rings (SSSR count). The molecule has 0 N–H and O–H groups in total. The fourth-order valence-electron chi connectivity index (χ4n) is 3.02. The Bertz CT molecular complexity index is 414. The van der Waals surface area contributed by atoms with Gasteiger partial charge in [-0.1, -0.05) is 72.6 Å². The van der Waals surface area contributed by atoms with Crippen LogP contribution in [0.3, 0.4) is 0 Å². The largest absolute Gasteiger partial charge is 1.00 e. The Labute approximate surface area is 200 Å². The molecule has 168 valence electrons. The molecule has 0 radical (unpaired) electrons. The van der Waals surface area contributed by atoms with E-state index in [9.17, 15) is 14.8 Å². The number of unbranched alkanes of at least 4 members (excludes halogenated alkanes) is 4. The van der Waals surface area contributed by atoms with E-state index >= 15 is 0 Å². The van der Waals surface area contributed by atoms with E-state index in [0.29, 0.717) is 18.6 Å². The third-order valence-corrected chi connectivity index (χ3v) is 7.91. The predicted octanol–water partition coefficient (Wildman–Crippen LogP) is 1.56. The van der Waals surface area contributed by atoms with E-state index in [-0.39, 0.29) is 53.6 Å². The Balaban J connectivity index is 0. The smallest absolute Gasteiger partial charge is 0.691 e. The van der Waals surface area contributed by atoms with Crippen LogP contribution in [0.15, 0.2) is 0 Å². The average molecular weight is 447 g/mol. The summed E-state index contributed by atoms with van der Waals surface area (Å²) >= 11 is 0. The number of hydrogen-bond acceptors (Lipinski definition) is 7. The first-order chi connectivity index (χ1) is 13.6. The Morgan fingerprint density at radius 3 is 2.21 bits per heavy atom. The molecule has 0 saturated heterocycles. The minimum Gasteiger partial charge on any atom is -0.691 e. The molecule has 0 aromatic carbocycles. The van der Waals surface area contributed by atoms with Crippen LogP contribution in [0.4, 0.5) is 0 Å². The van der Waals surface area contributed by atoms with Gasteiger partial charge in [0.1, 0.15) is 0 Å². The predicted molar refractivity (Wildman–Crippen MR) is 110 cm³/mol. The summed E-state index contributed by atoms with van der Waals surface area (Å²) in [6, 6.07) is 0. The van der Waals surface area contributed by atoms with Gasteiger partial charge in [0.2, 0.25) is 5.12 Å². The van der Waals surface area contributed by atoms with Gasteiger partial charge in [-0.15, -0.1) is 0 Å². The molecule has 0 aliphatic carbocycles. The number of rotatable bonds is 19. The molecule has 0 bridgehead atoms. The van der Waals surface area contributed by atoms with Crippen LogP contribution in [0, 0.1) is 5.92 Å². The van der Waals surface area contributed by atoms with Crippen molar-refractivity contribution in [3.05, 3.63) is 0 Å². The quantitative estimate of drug-likeness (QED) is 0.0977. The minimum absolute atomic E-state index is 0. The summed E-state index contributed by atoms with van der Waals surface area (Å²) in [6.45, 7) is 8.50. The molecule has 9 heteroatoms. The van der Waals surface area contributed by atoms with Crippen LogP contribution >= 0.6 is 10.3 Å². The van der Waals surface area contributed by atoms with Crippen molar-refractivity contribution in [3.8, 4) is 0 Å². The van der Waals surface area contributed by atoms with Crippen LogP contribution < -0.4 is 34.8 Å². The summed E-state index contributed by atoms with van der Waals surface area (Å²) in [5.41, 5.74) is 0.457. The average Bonchev–Trinajstić information content (AvgIpc) is 2.71. The molecule has 0 fully saturated rings. The second-order valence-corrected chi connectivity index (χ2v) is 9.82. The van der Waals surface area contributed by atoms with Gasteiger partial charge in [-0.05, 0) is 18.8 Å². The van der Waals surface area contributed by atoms with Crippen molar-refractivity contribution in [2.45, 2.75) is 97.2 Å². The van der Waals surface area contributed by atoms with Gasteiger partial charge < -0.3 is 5.26 Å². The van der Waals surface area contributed by atoms with E-state index in [1.165, 1.54) is 0 Å². The fraction of sp³-hybridized carbons (Fsp3) is 0.900. The summed E-state index contributed by atoms with van der Waals surface area (Å²) in [4.78, 5) is 35.3.